The van der Waals surface area contributed by atoms with E-state index in [1.807, 2.05) is 0 Å². The van der Waals surface area contributed by atoms with Gasteiger partial charge in [-0.05, 0) is 48.6 Å². The molecule has 2 bridgehead atoms. The average molecular weight is 242 g/mol. The second-order valence-electron chi connectivity index (χ2n) is 5.07. The molecule has 0 amide bonds. The van der Waals surface area contributed by atoms with Gasteiger partial charge in [-0.3, -0.25) is 0 Å². The molecular formula is C12H22O3Si. The average Bonchev–Trinajstić information content (AvgIpc) is 2.93. The first-order valence-electron chi connectivity index (χ1n) is 5.98. The van der Waals surface area contributed by atoms with E-state index < -0.39 is 8.80 Å². The summed E-state index contributed by atoms with van der Waals surface area (Å²) in [6.07, 6.45) is 6.40. The molecule has 2 aliphatic carbocycles. The Balaban J connectivity index is 2.23. The van der Waals surface area contributed by atoms with Crippen LogP contribution < -0.4 is 0 Å². The molecule has 0 aliphatic heterocycles. The third-order valence-corrected chi connectivity index (χ3v) is 7.44. The standard InChI is InChI=1S/C12H22O3Si/c1-10(16(13-2,14-3)15-4)12-7-5-11(9-12)6-8-12/h11H,1,5-9H2,2-4H3. The first kappa shape index (κ1) is 12.3. The van der Waals surface area contributed by atoms with Crippen molar-refractivity contribution < 1.29 is 13.3 Å². The molecule has 0 spiro atoms. The van der Waals surface area contributed by atoms with Crippen LogP contribution in [0.15, 0.2) is 11.8 Å². The summed E-state index contributed by atoms with van der Waals surface area (Å²) < 4.78 is 16.7. The van der Waals surface area contributed by atoms with Crippen LogP contribution in [0.3, 0.4) is 0 Å². The predicted octanol–water partition coefficient (Wildman–Crippen LogP) is 2.54. The molecule has 0 unspecified atom stereocenters. The Hall–Kier alpha value is -0.163. The highest BCUT2D eigenvalue weighted by Crippen LogP contribution is 2.59. The minimum absolute atomic E-state index is 0.249. The third kappa shape index (κ3) is 1.59. The van der Waals surface area contributed by atoms with Gasteiger partial charge in [0.2, 0.25) is 0 Å². The van der Waals surface area contributed by atoms with E-state index in [1.165, 1.54) is 32.1 Å². The Morgan fingerprint density at radius 3 is 1.94 bits per heavy atom. The zero-order chi connectivity index (χ0) is 11.8. The van der Waals surface area contributed by atoms with Crippen LogP contribution >= 0.6 is 0 Å². The molecule has 2 rings (SSSR count). The van der Waals surface area contributed by atoms with Crippen molar-refractivity contribution in [1.82, 2.24) is 0 Å². The smallest absolute Gasteiger partial charge is 0.374 e. The summed E-state index contributed by atoms with van der Waals surface area (Å²) in [5.74, 6) is 0.897. The largest absolute Gasteiger partial charge is 0.532 e. The topological polar surface area (TPSA) is 27.7 Å². The Bertz CT molecular complexity index is 266. The lowest BCUT2D eigenvalue weighted by atomic mass is 9.84. The molecule has 0 aromatic carbocycles. The molecule has 0 atom stereocenters. The van der Waals surface area contributed by atoms with E-state index in [9.17, 15) is 0 Å². The molecule has 3 nitrogen and oxygen atoms in total. The summed E-state index contributed by atoms with van der Waals surface area (Å²) in [6, 6.07) is 0. The van der Waals surface area contributed by atoms with Gasteiger partial charge in [0.25, 0.3) is 0 Å². The SMILES string of the molecule is C=C(C12CCC(CC1)C2)[Si](OC)(OC)OC. The van der Waals surface area contributed by atoms with Gasteiger partial charge in [0, 0.05) is 21.3 Å². The van der Waals surface area contributed by atoms with Crippen molar-refractivity contribution in [2.24, 2.45) is 11.3 Å². The van der Waals surface area contributed by atoms with Crippen molar-refractivity contribution >= 4 is 8.80 Å². The summed E-state index contributed by atoms with van der Waals surface area (Å²) in [5.41, 5.74) is 0.249. The molecule has 0 radical (unpaired) electrons. The Morgan fingerprint density at radius 2 is 1.62 bits per heavy atom. The summed E-state index contributed by atoms with van der Waals surface area (Å²) in [5, 5.41) is 1.10. The minimum Gasteiger partial charge on any atom is -0.374 e. The minimum atomic E-state index is -2.65. The van der Waals surface area contributed by atoms with Gasteiger partial charge in [-0.15, -0.1) is 0 Å². The van der Waals surface area contributed by atoms with Crippen LogP contribution in [0.5, 0.6) is 0 Å². The fourth-order valence-electron chi connectivity index (χ4n) is 3.56. The molecular weight excluding hydrogens is 220 g/mol. The van der Waals surface area contributed by atoms with Gasteiger partial charge in [0.1, 0.15) is 0 Å². The maximum absolute atomic E-state index is 5.55. The van der Waals surface area contributed by atoms with Crippen LogP contribution in [0.1, 0.15) is 32.1 Å². The fourth-order valence-corrected chi connectivity index (χ4v) is 5.80. The van der Waals surface area contributed by atoms with Crippen molar-refractivity contribution in [1.29, 1.82) is 0 Å². The van der Waals surface area contributed by atoms with Crippen molar-refractivity contribution in [3.05, 3.63) is 11.8 Å². The lowest BCUT2D eigenvalue weighted by Gasteiger charge is -2.37. The molecule has 92 valence electrons. The number of fused-ring (bicyclic) bond motifs is 2. The molecule has 0 N–H and O–H groups in total. The second-order valence-corrected chi connectivity index (χ2v) is 8.02. The first-order chi connectivity index (χ1) is 7.62. The summed E-state index contributed by atoms with van der Waals surface area (Å²) in [4.78, 5) is 0. The lowest BCUT2D eigenvalue weighted by Crippen LogP contribution is -2.49. The number of hydrogen-bond donors (Lipinski definition) is 0. The Morgan fingerprint density at radius 1 is 1.12 bits per heavy atom. The van der Waals surface area contributed by atoms with Gasteiger partial charge < -0.3 is 13.3 Å². The highest BCUT2D eigenvalue weighted by Gasteiger charge is 2.56. The Labute approximate surface area is 99.1 Å². The fraction of sp³-hybridized carbons (Fsp3) is 0.833. The highest BCUT2D eigenvalue weighted by atomic mass is 28.4. The third-order valence-electron chi connectivity index (χ3n) is 4.56. The molecule has 0 heterocycles. The molecule has 0 aromatic heterocycles. The normalized spacial score (nSPS) is 33.3. The monoisotopic (exact) mass is 242 g/mol. The molecule has 2 aliphatic rings. The molecule has 2 fully saturated rings. The van der Waals surface area contributed by atoms with Crippen molar-refractivity contribution in [2.45, 2.75) is 32.1 Å². The van der Waals surface area contributed by atoms with E-state index in [0.29, 0.717) is 0 Å². The van der Waals surface area contributed by atoms with Crippen LogP contribution in [0.4, 0.5) is 0 Å². The predicted molar refractivity (Wildman–Crippen MR) is 64.9 cm³/mol. The van der Waals surface area contributed by atoms with Gasteiger partial charge in [0.05, 0.1) is 0 Å². The molecule has 2 saturated carbocycles. The summed E-state index contributed by atoms with van der Waals surface area (Å²) in [6.45, 7) is 4.28. The van der Waals surface area contributed by atoms with Crippen molar-refractivity contribution in [2.75, 3.05) is 21.3 Å². The molecule has 16 heavy (non-hydrogen) atoms. The number of allylic oxidation sites excluding steroid dienone is 1. The van der Waals surface area contributed by atoms with Crippen LogP contribution in [0.25, 0.3) is 0 Å². The van der Waals surface area contributed by atoms with Gasteiger partial charge in [-0.2, -0.15) is 0 Å². The quantitative estimate of drug-likeness (QED) is 0.693. The molecule has 4 heteroatoms. The van der Waals surface area contributed by atoms with E-state index in [4.69, 9.17) is 13.3 Å². The highest BCUT2D eigenvalue weighted by molar-refractivity contribution is 6.68. The summed E-state index contributed by atoms with van der Waals surface area (Å²) in [7, 11) is 2.36. The van der Waals surface area contributed by atoms with E-state index in [1.54, 1.807) is 21.3 Å². The van der Waals surface area contributed by atoms with Crippen LogP contribution in [0, 0.1) is 11.3 Å². The van der Waals surface area contributed by atoms with Crippen molar-refractivity contribution in [3.8, 4) is 0 Å². The van der Waals surface area contributed by atoms with E-state index in [-0.39, 0.29) is 5.41 Å². The zero-order valence-electron chi connectivity index (χ0n) is 10.5. The van der Waals surface area contributed by atoms with Crippen LogP contribution in [-0.4, -0.2) is 30.1 Å². The van der Waals surface area contributed by atoms with Crippen molar-refractivity contribution in [3.63, 3.8) is 0 Å². The Kier molecular flexibility index (Phi) is 3.27. The molecule has 0 aromatic rings. The van der Waals surface area contributed by atoms with E-state index in [2.05, 4.69) is 6.58 Å². The number of rotatable bonds is 5. The zero-order valence-corrected chi connectivity index (χ0v) is 11.5. The van der Waals surface area contributed by atoms with Gasteiger partial charge in [-0.1, -0.05) is 6.58 Å². The van der Waals surface area contributed by atoms with E-state index >= 15 is 0 Å². The number of hydrogen-bond acceptors (Lipinski definition) is 3. The van der Waals surface area contributed by atoms with Gasteiger partial charge in [-0.25, -0.2) is 0 Å². The first-order valence-corrected chi connectivity index (χ1v) is 7.70. The van der Waals surface area contributed by atoms with E-state index in [0.717, 1.165) is 11.1 Å². The van der Waals surface area contributed by atoms with Crippen LogP contribution in [0.2, 0.25) is 0 Å². The lowest BCUT2D eigenvalue weighted by molar-refractivity contribution is 0.124. The second kappa shape index (κ2) is 4.26. The maximum Gasteiger partial charge on any atom is 0.532 e. The summed E-state index contributed by atoms with van der Waals surface area (Å²) >= 11 is 0. The van der Waals surface area contributed by atoms with Gasteiger partial charge >= 0.3 is 8.80 Å². The molecule has 0 saturated heterocycles. The maximum atomic E-state index is 5.55. The van der Waals surface area contributed by atoms with Crippen LogP contribution in [-0.2, 0) is 13.3 Å². The van der Waals surface area contributed by atoms with Gasteiger partial charge in [0.15, 0.2) is 0 Å².